The molecular weight excluding hydrogens is 719 g/mol. The number of nitrogens with one attached hydrogen (secondary N) is 1. The Balaban J connectivity index is 1.16. The predicted molar refractivity (Wildman–Crippen MR) is 180 cm³/mol. The van der Waals surface area contributed by atoms with Gasteiger partial charge in [0.05, 0.1) is 0 Å². The smallest absolute Gasteiger partial charge is 0.352 e. The Morgan fingerprint density at radius 2 is 1.90 bits per heavy atom. The molecule has 4 heterocycles. The van der Waals surface area contributed by atoms with Crippen LogP contribution in [0.2, 0.25) is 0 Å². The Labute approximate surface area is 292 Å². The Morgan fingerprint density at radius 1 is 1.12 bits per heavy atom. The number of carbonyl (C=O) groups excluding carboxylic acids is 2. The van der Waals surface area contributed by atoms with Gasteiger partial charge in [-0.05, 0) is 23.8 Å². The Bertz CT molecular complexity index is 2020. The third-order valence-corrected chi connectivity index (χ3v) is 11.3. The maximum absolute atomic E-state index is 13.5. The number of carbonyl (C=O) groups is 4. The van der Waals surface area contributed by atoms with E-state index >= 15 is 0 Å². The molecule has 3 atom stereocenters. The summed E-state index contributed by atoms with van der Waals surface area (Å²) in [6.45, 7) is 0. The van der Waals surface area contributed by atoms with Crippen molar-refractivity contribution in [3.8, 4) is 22.1 Å². The highest BCUT2D eigenvalue weighted by Crippen LogP contribution is 2.42. The number of nitrogen functional groups attached to an aromatic ring is 1. The molecule has 0 radical (unpaired) electrons. The summed E-state index contributed by atoms with van der Waals surface area (Å²) in [5, 5.41) is 55.0. The number of aliphatic carboxylic acids is 2. The number of amides is 2. The van der Waals surface area contributed by atoms with Crippen LogP contribution < -0.4 is 11.1 Å². The fourth-order valence-electron chi connectivity index (χ4n) is 4.78. The number of phenolic OH excluding ortho intramolecular Hbond substituents is 2. The minimum absolute atomic E-state index is 0.00963. The second-order valence-electron chi connectivity index (χ2n) is 10.2. The van der Waals surface area contributed by atoms with Crippen LogP contribution in [0.15, 0.2) is 74.7 Å². The first-order chi connectivity index (χ1) is 23.5. The maximum Gasteiger partial charge on any atom is 0.352 e. The van der Waals surface area contributed by atoms with Crippen LogP contribution in [0, 0.1) is 0 Å². The second-order valence-corrected chi connectivity index (χ2v) is 14.4. The topological polar surface area (TPSA) is 251 Å². The molecule has 4 aromatic rings. The molecule has 2 aromatic carbocycles. The SMILES string of the molecule is Nc1nc(/C(=N/OC(C(=O)O)c2ccccc2)C(=O)N[C@@H]2C(=O)N3C(C(=O)O)=C(CSc4nnc(-c5ccc(O)c(O)c5)s4)CS[C@H]23)cs1. The zero-order valence-electron chi connectivity index (χ0n) is 24.6. The number of carboxylic acids is 2. The monoisotopic (exact) mass is 741 g/mol. The number of β-lactam (4-membered cyclic amide) rings is 1. The van der Waals surface area contributed by atoms with Crippen LogP contribution in [0.5, 0.6) is 11.5 Å². The summed E-state index contributed by atoms with van der Waals surface area (Å²) in [5.41, 5.74) is 6.39. The Hall–Kier alpha value is -5.18. The zero-order chi connectivity index (χ0) is 34.8. The second kappa shape index (κ2) is 14.1. The minimum Gasteiger partial charge on any atom is -0.504 e. The Morgan fingerprint density at radius 3 is 2.57 bits per heavy atom. The molecule has 0 bridgehead atoms. The van der Waals surface area contributed by atoms with Crippen LogP contribution in [-0.2, 0) is 24.0 Å². The van der Waals surface area contributed by atoms with Crippen molar-refractivity contribution in [1.82, 2.24) is 25.4 Å². The number of nitrogens with zero attached hydrogens (tertiary/aromatic N) is 5. The standard InChI is InChI=1S/C29H23N7O9S4/c30-28-31-15(11-47-28)18(35-45-21(27(43)44)12-4-2-1-3-5-12)22(39)32-19-24(40)36-20(26(41)42)14(9-46-25(19)36)10-48-29-34-33-23(49-29)13-6-7-16(37)17(38)8-13/h1-8,11,19,21,25,37-38H,9-10H2,(H2,30,31)(H,32,39)(H,41,42)(H,43,44)/b35-18-/t19-,21?,25-/m1/s1. The highest BCUT2D eigenvalue weighted by Gasteiger charge is 2.54. The van der Waals surface area contributed by atoms with E-state index in [9.17, 15) is 39.6 Å². The Kier molecular flexibility index (Phi) is 9.72. The number of hydrogen-bond acceptors (Lipinski definition) is 16. The number of phenols is 2. The van der Waals surface area contributed by atoms with Crippen molar-refractivity contribution in [2.45, 2.75) is 21.9 Å². The molecule has 0 spiro atoms. The molecule has 1 fully saturated rings. The number of anilines is 1. The lowest BCUT2D eigenvalue weighted by molar-refractivity contribution is -0.151. The molecule has 252 valence electrons. The predicted octanol–water partition coefficient (Wildman–Crippen LogP) is 2.73. The molecule has 16 nitrogen and oxygen atoms in total. The van der Waals surface area contributed by atoms with Crippen molar-refractivity contribution in [3.63, 3.8) is 0 Å². The molecule has 2 aliphatic rings. The van der Waals surface area contributed by atoms with Gasteiger partial charge in [0.25, 0.3) is 11.8 Å². The third kappa shape index (κ3) is 7.02. The summed E-state index contributed by atoms with van der Waals surface area (Å²) in [7, 11) is 0. The van der Waals surface area contributed by atoms with Crippen LogP contribution in [-0.4, -0.2) is 92.9 Å². The summed E-state index contributed by atoms with van der Waals surface area (Å²) in [5.74, 6) is -4.40. The van der Waals surface area contributed by atoms with Crippen molar-refractivity contribution in [2.75, 3.05) is 17.2 Å². The number of carboxylic acid groups (broad SMARTS) is 2. The van der Waals surface area contributed by atoms with Gasteiger partial charge in [-0.2, -0.15) is 0 Å². The highest BCUT2D eigenvalue weighted by atomic mass is 32.2. The van der Waals surface area contributed by atoms with Crippen LogP contribution in [0.1, 0.15) is 17.4 Å². The summed E-state index contributed by atoms with van der Waals surface area (Å²) in [6.07, 6.45) is -1.55. The van der Waals surface area contributed by atoms with Crippen LogP contribution in [0.4, 0.5) is 5.13 Å². The maximum atomic E-state index is 13.5. The first-order valence-corrected chi connectivity index (χ1v) is 17.7. The van der Waals surface area contributed by atoms with E-state index in [1.165, 1.54) is 64.5 Å². The van der Waals surface area contributed by atoms with Gasteiger partial charge >= 0.3 is 11.9 Å². The van der Waals surface area contributed by atoms with Gasteiger partial charge in [0.2, 0.25) is 6.10 Å². The first kappa shape index (κ1) is 33.7. The number of fused-ring (bicyclic) bond motifs is 1. The molecule has 2 aromatic heterocycles. The molecule has 7 N–H and O–H groups in total. The number of thioether (sulfide) groups is 2. The number of hydrogen-bond donors (Lipinski definition) is 6. The fourth-order valence-corrected chi connectivity index (χ4v) is 8.66. The lowest BCUT2D eigenvalue weighted by atomic mass is 10.0. The quantitative estimate of drug-likeness (QED) is 0.0402. The number of oxime groups is 1. The van der Waals surface area contributed by atoms with E-state index in [0.29, 0.717) is 20.5 Å². The van der Waals surface area contributed by atoms with Crippen molar-refractivity contribution in [3.05, 3.63) is 76.4 Å². The van der Waals surface area contributed by atoms with Crippen LogP contribution in [0.3, 0.4) is 0 Å². The van der Waals surface area contributed by atoms with E-state index in [0.717, 1.165) is 16.2 Å². The summed E-state index contributed by atoms with van der Waals surface area (Å²) < 4.78 is 0.515. The number of aromatic hydroxyl groups is 2. The lowest BCUT2D eigenvalue weighted by Gasteiger charge is -2.49. The fraction of sp³-hybridized carbons (Fsp3) is 0.172. The van der Waals surface area contributed by atoms with Crippen molar-refractivity contribution in [2.24, 2.45) is 5.16 Å². The van der Waals surface area contributed by atoms with Crippen molar-refractivity contribution in [1.29, 1.82) is 0 Å². The summed E-state index contributed by atoms with van der Waals surface area (Å²) >= 11 is 4.70. The molecule has 1 saturated heterocycles. The lowest BCUT2D eigenvalue weighted by Crippen LogP contribution is -2.71. The molecule has 0 aliphatic carbocycles. The number of thiazole rings is 1. The third-order valence-electron chi connectivity index (χ3n) is 7.09. The minimum atomic E-state index is -1.55. The van der Waals surface area contributed by atoms with E-state index in [1.807, 2.05) is 0 Å². The van der Waals surface area contributed by atoms with Crippen LogP contribution >= 0.6 is 46.2 Å². The molecule has 1 unspecified atom stereocenters. The van der Waals surface area contributed by atoms with Gasteiger partial charge in [0.1, 0.15) is 27.8 Å². The molecule has 0 saturated carbocycles. The van der Waals surface area contributed by atoms with Crippen LogP contribution in [0.25, 0.3) is 10.6 Å². The summed E-state index contributed by atoms with van der Waals surface area (Å²) in [6, 6.07) is 11.1. The largest absolute Gasteiger partial charge is 0.504 e. The average molecular weight is 742 g/mol. The molecule has 2 aliphatic heterocycles. The molecule has 2 amide bonds. The molecular formula is C29H23N7O9S4. The van der Waals surface area contributed by atoms with E-state index < -0.39 is 47.0 Å². The van der Waals surface area contributed by atoms with Gasteiger partial charge in [-0.25, -0.2) is 14.6 Å². The van der Waals surface area contributed by atoms with E-state index in [2.05, 4.69) is 25.7 Å². The van der Waals surface area contributed by atoms with E-state index in [-0.39, 0.29) is 45.1 Å². The average Bonchev–Trinajstić information content (AvgIpc) is 3.74. The first-order valence-electron chi connectivity index (χ1n) is 13.9. The van der Waals surface area contributed by atoms with Gasteiger partial charge in [0.15, 0.2) is 26.7 Å². The van der Waals surface area contributed by atoms with Gasteiger partial charge in [-0.1, -0.05) is 58.6 Å². The number of benzene rings is 2. The van der Waals surface area contributed by atoms with Crippen molar-refractivity contribution >= 4 is 80.8 Å². The zero-order valence-corrected chi connectivity index (χ0v) is 27.9. The summed E-state index contributed by atoms with van der Waals surface area (Å²) in [4.78, 5) is 61.6. The molecule has 6 rings (SSSR count). The van der Waals surface area contributed by atoms with Gasteiger partial charge in [-0.15, -0.1) is 33.3 Å². The van der Waals surface area contributed by atoms with Crippen molar-refractivity contribution < 1.29 is 44.4 Å². The van der Waals surface area contributed by atoms with E-state index in [4.69, 9.17) is 10.6 Å². The van der Waals surface area contributed by atoms with Gasteiger partial charge in [0, 0.05) is 28.0 Å². The van der Waals surface area contributed by atoms with Gasteiger partial charge < -0.3 is 36.3 Å². The molecule has 20 heteroatoms. The number of aromatic nitrogens is 3. The highest BCUT2D eigenvalue weighted by molar-refractivity contribution is 8.01. The van der Waals surface area contributed by atoms with E-state index in [1.54, 1.807) is 24.3 Å². The normalized spacial score (nSPS) is 18.0. The molecule has 49 heavy (non-hydrogen) atoms. The number of nitrogens with two attached hydrogens (primary N) is 1. The number of rotatable bonds is 12. The van der Waals surface area contributed by atoms with Gasteiger partial charge in [-0.3, -0.25) is 14.5 Å².